The summed E-state index contributed by atoms with van der Waals surface area (Å²) in [6, 6.07) is 5.47. The molecule has 1 aromatic rings. The highest BCUT2D eigenvalue weighted by Gasteiger charge is 2.09. The fraction of sp³-hybridized carbons (Fsp3) is 0.357. The first-order valence-electron chi connectivity index (χ1n) is 5.96. The summed E-state index contributed by atoms with van der Waals surface area (Å²) < 4.78 is 4.92. The third-order valence-corrected chi connectivity index (χ3v) is 2.63. The quantitative estimate of drug-likeness (QED) is 0.486. The lowest BCUT2D eigenvalue weighted by atomic mass is 10.0. The molecule has 1 aromatic carbocycles. The van der Waals surface area contributed by atoms with Crippen LogP contribution in [0.5, 0.6) is 0 Å². The minimum atomic E-state index is -0.330. The highest BCUT2D eigenvalue weighted by atomic mass is 16.5. The van der Waals surface area contributed by atoms with Gasteiger partial charge in [0.05, 0.1) is 6.61 Å². The number of rotatable bonds is 4. The molecule has 1 rings (SSSR count). The van der Waals surface area contributed by atoms with Gasteiger partial charge >= 0.3 is 5.97 Å². The fourth-order valence-electron chi connectivity index (χ4n) is 1.66. The van der Waals surface area contributed by atoms with E-state index < -0.39 is 0 Å². The Bertz CT molecular complexity index is 465. The summed E-state index contributed by atoms with van der Waals surface area (Å²) in [6.07, 6.45) is 1.72. The minimum absolute atomic E-state index is 0.138. The zero-order valence-corrected chi connectivity index (χ0v) is 11.1. The molecule has 4 N–H and O–H groups in total. The van der Waals surface area contributed by atoms with Gasteiger partial charge in [0.2, 0.25) is 0 Å². The summed E-state index contributed by atoms with van der Waals surface area (Å²) in [4.78, 5) is 11.5. The number of benzene rings is 1. The van der Waals surface area contributed by atoms with Gasteiger partial charge in [0, 0.05) is 17.3 Å². The number of hydrogen-bond acceptors (Lipinski definition) is 4. The Morgan fingerprint density at radius 2 is 2.17 bits per heavy atom. The molecule has 4 nitrogen and oxygen atoms in total. The van der Waals surface area contributed by atoms with E-state index in [2.05, 4.69) is 0 Å². The number of carbonyl (C=O) groups is 1. The number of anilines is 1. The second-order valence-corrected chi connectivity index (χ2v) is 4.19. The molecule has 0 bridgehead atoms. The minimum Gasteiger partial charge on any atom is -0.463 e. The summed E-state index contributed by atoms with van der Waals surface area (Å²) in [6.45, 7) is 5.71. The highest BCUT2D eigenvalue weighted by molar-refractivity contribution is 5.94. The van der Waals surface area contributed by atoms with E-state index in [1.165, 1.54) is 0 Å². The van der Waals surface area contributed by atoms with Crippen molar-refractivity contribution in [2.75, 3.05) is 12.3 Å². The molecule has 0 saturated heterocycles. The molecule has 0 amide bonds. The highest BCUT2D eigenvalue weighted by Crippen LogP contribution is 2.24. The van der Waals surface area contributed by atoms with E-state index in [-0.39, 0.29) is 12.0 Å². The summed E-state index contributed by atoms with van der Waals surface area (Å²) in [5.74, 6) is -0.330. The lowest BCUT2D eigenvalue weighted by molar-refractivity contribution is -0.138. The number of para-hydroxylation sites is 1. The van der Waals surface area contributed by atoms with Crippen LogP contribution in [0.1, 0.15) is 37.9 Å². The Labute approximate surface area is 108 Å². The van der Waals surface area contributed by atoms with Crippen LogP contribution in [0.25, 0.3) is 6.08 Å². The van der Waals surface area contributed by atoms with E-state index in [0.717, 1.165) is 11.1 Å². The van der Waals surface area contributed by atoms with Crippen molar-refractivity contribution in [2.24, 2.45) is 5.73 Å². The van der Waals surface area contributed by atoms with E-state index in [9.17, 15) is 4.79 Å². The molecular weight excluding hydrogens is 228 g/mol. The zero-order chi connectivity index (χ0) is 13.7. The maximum atomic E-state index is 11.5. The topological polar surface area (TPSA) is 78.3 Å². The molecular formula is C14H20N2O2. The van der Waals surface area contributed by atoms with Crippen LogP contribution in [-0.4, -0.2) is 12.6 Å². The van der Waals surface area contributed by atoms with Gasteiger partial charge in [-0.25, -0.2) is 4.79 Å². The Balaban J connectivity index is 3.08. The molecule has 0 heterocycles. The van der Waals surface area contributed by atoms with Crippen molar-refractivity contribution in [3.8, 4) is 0 Å². The maximum Gasteiger partial charge on any atom is 0.333 e. The van der Waals surface area contributed by atoms with Crippen LogP contribution >= 0.6 is 0 Å². The average molecular weight is 248 g/mol. The molecule has 1 unspecified atom stereocenters. The molecule has 4 heteroatoms. The summed E-state index contributed by atoms with van der Waals surface area (Å²) in [5.41, 5.74) is 14.6. The fourth-order valence-corrected chi connectivity index (χ4v) is 1.66. The summed E-state index contributed by atoms with van der Waals surface area (Å²) in [7, 11) is 0. The van der Waals surface area contributed by atoms with Crippen molar-refractivity contribution in [3.63, 3.8) is 0 Å². The molecule has 1 atom stereocenters. The van der Waals surface area contributed by atoms with E-state index in [1.807, 2.05) is 25.1 Å². The van der Waals surface area contributed by atoms with Gasteiger partial charge in [0.1, 0.15) is 0 Å². The van der Waals surface area contributed by atoms with E-state index >= 15 is 0 Å². The van der Waals surface area contributed by atoms with Crippen molar-refractivity contribution in [1.82, 2.24) is 0 Å². The molecule has 18 heavy (non-hydrogen) atoms. The molecule has 0 aliphatic rings. The number of esters is 1. The van der Waals surface area contributed by atoms with Crippen molar-refractivity contribution in [3.05, 3.63) is 34.9 Å². The van der Waals surface area contributed by atoms with Gasteiger partial charge < -0.3 is 16.2 Å². The van der Waals surface area contributed by atoms with Gasteiger partial charge in [-0.05, 0) is 38.0 Å². The Morgan fingerprint density at radius 1 is 1.50 bits per heavy atom. The number of nitrogen functional groups attached to an aromatic ring is 1. The normalized spacial score (nSPS) is 13.2. The van der Waals surface area contributed by atoms with Gasteiger partial charge in [0.15, 0.2) is 0 Å². The van der Waals surface area contributed by atoms with Crippen LogP contribution < -0.4 is 11.5 Å². The second kappa shape index (κ2) is 6.21. The Hall–Kier alpha value is -1.81. The second-order valence-electron chi connectivity index (χ2n) is 4.19. The monoisotopic (exact) mass is 248 g/mol. The van der Waals surface area contributed by atoms with Crippen molar-refractivity contribution in [2.45, 2.75) is 26.8 Å². The van der Waals surface area contributed by atoms with E-state index in [4.69, 9.17) is 16.2 Å². The summed E-state index contributed by atoms with van der Waals surface area (Å²) >= 11 is 0. The third kappa shape index (κ3) is 3.34. The molecule has 0 saturated carbocycles. The lowest BCUT2D eigenvalue weighted by Crippen LogP contribution is -2.09. The van der Waals surface area contributed by atoms with E-state index in [0.29, 0.717) is 17.9 Å². The van der Waals surface area contributed by atoms with Gasteiger partial charge in [-0.3, -0.25) is 0 Å². The van der Waals surface area contributed by atoms with Gasteiger partial charge in [-0.2, -0.15) is 0 Å². The van der Waals surface area contributed by atoms with Crippen molar-refractivity contribution >= 4 is 17.7 Å². The number of hydrogen-bond donors (Lipinski definition) is 2. The Morgan fingerprint density at radius 3 is 2.72 bits per heavy atom. The van der Waals surface area contributed by atoms with Crippen molar-refractivity contribution in [1.29, 1.82) is 0 Å². The standard InChI is InChI=1S/C14H20N2O2/c1-4-18-14(17)9(2)8-11-6-5-7-12(10(3)15)13(11)16/h5-8,10H,4,15-16H2,1-3H3/b9-8+. The molecule has 0 spiro atoms. The van der Waals surface area contributed by atoms with Crippen LogP contribution in [0, 0.1) is 0 Å². The van der Waals surface area contributed by atoms with Crippen LogP contribution in [0.4, 0.5) is 5.69 Å². The number of ether oxygens (including phenoxy) is 1. The third-order valence-electron chi connectivity index (χ3n) is 2.63. The van der Waals surface area contributed by atoms with Crippen LogP contribution in [0.2, 0.25) is 0 Å². The molecule has 0 fully saturated rings. The SMILES string of the molecule is CCOC(=O)/C(C)=C/c1cccc(C(C)N)c1N. The maximum absolute atomic E-state index is 11.5. The smallest absolute Gasteiger partial charge is 0.333 e. The zero-order valence-electron chi connectivity index (χ0n) is 11.1. The van der Waals surface area contributed by atoms with Gasteiger partial charge in [0.25, 0.3) is 0 Å². The predicted octanol–water partition coefficient (Wildman–Crippen LogP) is 2.25. The number of carbonyl (C=O) groups excluding carboxylic acids is 1. The predicted molar refractivity (Wildman–Crippen MR) is 73.7 cm³/mol. The average Bonchev–Trinajstić information content (AvgIpc) is 2.31. The lowest BCUT2D eigenvalue weighted by Gasteiger charge is -2.12. The van der Waals surface area contributed by atoms with Crippen LogP contribution in [0.15, 0.2) is 23.8 Å². The molecule has 0 aromatic heterocycles. The van der Waals surface area contributed by atoms with Gasteiger partial charge in [-0.1, -0.05) is 18.2 Å². The number of nitrogens with two attached hydrogens (primary N) is 2. The van der Waals surface area contributed by atoms with E-state index in [1.54, 1.807) is 19.9 Å². The first kappa shape index (κ1) is 14.3. The molecule has 0 aliphatic heterocycles. The largest absolute Gasteiger partial charge is 0.463 e. The van der Waals surface area contributed by atoms with Crippen molar-refractivity contribution < 1.29 is 9.53 Å². The van der Waals surface area contributed by atoms with Crippen LogP contribution in [0.3, 0.4) is 0 Å². The molecule has 98 valence electrons. The van der Waals surface area contributed by atoms with Crippen LogP contribution in [-0.2, 0) is 9.53 Å². The Kier molecular flexibility index (Phi) is 4.92. The first-order chi connectivity index (χ1) is 8.47. The molecule has 0 aliphatic carbocycles. The first-order valence-corrected chi connectivity index (χ1v) is 5.96. The summed E-state index contributed by atoms with van der Waals surface area (Å²) in [5, 5.41) is 0. The molecule has 0 radical (unpaired) electrons. The van der Waals surface area contributed by atoms with Gasteiger partial charge in [-0.15, -0.1) is 0 Å².